The van der Waals surface area contributed by atoms with Crippen LogP contribution in [0.1, 0.15) is 34.3 Å². The van der Waals surface area contributed by atoms with Crippen LogP contribution >= 0.6 is 11.3 Å². The van der Waals surface area contributed by atoms with Crippen molar-refractivity contribution in [3.8, 4) is 0 Å². The van der Waals surface area contributed by atoms with E-state index in [9.17, 15) is 18.0 Å². The monoisotopic (exact) mass is 449 g/mol. The van der Waals surface area contributed by atoms with Gasteiger partial charge in [-0.05, 0) is 48.9 Å². The zero-order valence-electron chi connectivity index (χ0n) is 17.3. The number of sulfonamides is 1. The van der Waals surface area contributed by atoms with Crippen molar-refractivity contribution in [1.29, 1.82) is 0 Å². The van der Waals surface area contributed by atoms with E-state index in [0.29, 0.717) is 42.9 Å². The molecule has 1 aliphatic rings. The summed E-state index contributed by atoms with van der Waals surface area (Å²) in [6, 6.07) is 7.18. The van der Waals surface area contributed by atoms with Gasteiger partial charge in [0.25, 0.3) is 5.91 Å². The standard InChI is InChI=1S/C21H27N3O4S2/c1-16-5-6-17(2)19(14-16)30(27,28)24-11-9-23(10-12-24)20(25)4-3-8-22-21(26)18-7-13-29-15-18/h5-7,13-15H,3-4,8-12H2,1-2H3,(H,22,26). The highest BCUT2D eigenvalue weighted by Gasteiger charge is 2.30. The number of carbonyl (C=O) groups excluding carboxylic acids is 2. The fourth-order valence-electron chi connectivity index (χ4n) is 3.40. The van der Waals surface area contributed by atoms with Gasteiger partial charge in [0.05, 0.1) is 4.90 Å². The molecule has 0 unspecified atom stereocenters. The lowest BCUT2D eigenvalue weighted by atomic mass is 10.2. The molecule has 9 heteroatoms. The van der Waals surface area contributed by atoms with Gasteiger partial charge in [-0.3, -0.25) is 9.59 Å². The van der Waals surface area contributed by atoms with Crippen LogP contribution in [0.25, 0.3) is 0 Å². The zero-order chi connectivity index (χ0) is 21.7. The van der Waals surface area contributed by atoms with Crippen molar-refractivity contribution in [3.05, 3.63) is 51.7 Å². The van der Waals surface area contributed by atoms with Gasteiger partial charge in [0, 0.05) is 50.1 Å². The van der Waals surface area contributed by atoms with Gasteiger partial charge in [-0.2, -0.15) is 15.6 Å². The van der Waals surface area contributed by atoms with E-state index in [0.717, 1.165) is 11.1 Å². The lowest BCUT2D eigenvalue weighted by Gasteiger charge is -2.34. The van der Waals surface area contributed by atoms with Gasteiger partial charge < -0.3 is 10.2 Å². The molecule has 1 aromatic carbocycles. The molecule has 7 nitrogen and oxygen atoms in total. The van der Waals surface area contributed by atoms with Crippen LogP contribution < -0.4 is 5.32 Å². The van der Waals surface area contributed by atoms with Crippen molar-refractivity contribution in [2.75, 3.05) is 32.7 Å². The smallest absolute Gasteiger partial charge is 0.252 e. The summed E-state index contributed by atoms with van der Waals surface area (Å²) >= 11 is 1.46. The first-order chi connectivity index (χ1) is 14.3. The largest absolute Gasteiger partial charge is 0.352 e. The summed E-state index contributed by atoms with van der Waals surface area (Å²) in [5, 5.41) is 6.44. The van der Waals surface area contributed by atoms with Crippen molar-refractivity contribution < 1.29 is 18.0 Å². The molecule has 3 rings (SSSR count). The van der Waals surface area contributed by atoms with Crippen LogP contribution in [-0.4, -0.2) is 62.2 Å². The third-order valence-corrected chi connectivity index (χ3v) is 7.91. The Kier molecular flexibility index (Phi) is 7.27. The number of aryl methyl sites for hydroxylation is 2. The Labute approximate surface area is 181 Å². The summed E-state index contributed by atoms with van der Waals surface area (Å²) in [6.07, 6.45) is 0.878. The Bertz CT molecular complexity index is 995. The van der Waals surface area contributed by atoms with E-state index in [2.05, 4.69) is 5.32 Å². The summed E-state index contributed by atoms with van der Waals surface area (Å²) in [6.45, 7) is 5.43. The maximum Gasteiger partial charge on any atom is 0.252 e. The SMILES string of the molecule is Cc1ccc(C)c(S(=O)(=O)N2CCN(C(=O)CCCNC(=O)c3ccsc3)CC2)c1. The second kappa shape index (κ2) is 9.72. The number of benzene rings is 1. The average Bonchev–Trinajstić information content (AvgIpc) is 3.27. The van der Waals surface area contributed by atoms with Gasteiger partial charge >= 0.3 is 0 Å². The molecule has 30 heavy (non-hydrogen) atoms. The van der Waals surface area contributed by atoms with E-state index in [1.54, 1.807) is 29.3 Å². The second-order valence-electron chi connectivity index (χ2n) is 7.43. The molecular formula is C21H27N3O4S2. The highest BCUT2D eigenvalue weighted by molar-refractivity contribution is 7.89. The highest BCUT2D eigenvalue weighted by atomic mass is 32.2. The zero-order valence-corrected chi connectivity index (χ0v) is 18.9. The Morgan fingerprint density at radius 3 is 2.50 bits per heavy atom. The lowest BCUT2D eigenvalue weighted by molar-refractivity contribution is -0.132. The predicted molar refractivity (Wildman–Crippen MR) is 117 cm³/mol. The van der Waals surface area contributed by atoms with Crippen LogP contribution in [0, 0.1) is 13.8 Å². The van der Waals surface area contributed by atoms with Crippen LogP contribution in [0.3, 0.4) is 0 Å². The fourth-order valence-corrected chi connectivity index (χ4v) is 5.77. The number of nitrogens with one attached hydrogen (secondary N) is 1. The van der Waals surface area contributed by atoms with Crippen LogP contribution in [0.5, 0.6) is 0 Å². The molecule has 1 fully saturated rings. The van der Waals surface area contributed by atoms with Crippen molar-refractivity contribution in [2.45, 2.75) is 31.6 Å². The van der Waals surface area contributed by atoms with Crippen molar-refractivity contribution >= 4 is 33.2 Å². The van der Waals surface area contributed by atoms with Crippen molar-refractivity contribution in [1.82, 2.24) is 14.5 Å². The van der Waals surface area contributed by atoms with Gasteiger partial charge in [-0.25, -0.2) is 8.42 Å². The molecule has 0 saturated carbocycles. The van der Waals surface area contributed by atoms with E-state index >= 15 is 0 Å². The third-order valence-electron chi connectivity index (χ3n) is 5.19. The summed E-state index contributed by atoms with van der Waals surface area (Å²) in [5.74, 6) is -0.141. The van der Waals surface area contributed by atoms with Gasteiger partial charge in [-0.1, -0.05) is 12.1 Å². The Hall–Kier alpha value is -2.23. The minimum absolute atomic E-state index is 0.0106. The minimum Gasteiger partial charge on any atom is -0.352 e. The molecule has 2 heterocycles. The number of thiophene rings is 1. The highest BCUT2D eigenvalue weighted by Crippen LogP contribution is 2.22. The molecule has 1 aromatic heterocycles. The van der Waals surface area contributed by atoms with E-state index in [-0.39, 0.29) is 24.9 Å². The average molecular weight is 450 g/mol. The van der Waals surface area contributed by atoms with Crippen molar-refractivity contribution in [2.24, 2.45) is 0 Å². The third kappa shape index (κ3) is 5.27. The number of nitrogens with zero attached hydrogens (tertiary/aromatic N) is 2. The summed E-state index contributed by atoms with van der Waals surface area (Å²) in [4.78, 5) is 26.4. The molecule has 2 aromatic rings. The van der Waals surface area contributed by atoms with Gasteiger partial charge in [0.2, 0.25) is 15.9 Å². The molecule has 2 amide bonds. The van der Waals surface area contributed by atoms with E-state index in [4.69, 9.17) is 0 Å². The molecule has 1 N–H and O–H groups in total. The molecule has 0 aliphatic carbocycles. The Morgan fingerprint density at radius 1 is 1.10 bits per heavy atom. The fraction of sp³-hybridized carbons (Fsp3) is 0.429. The quantitative estimate of drug-likeness (QED) is 0.658. The van der Waals surface area contributed by atoms with Crippen LogP contribution in [0.4, 0.5) is 0 Å². The lowest BCUT2D eigenvalue weighted by Crippen LogP contribution is -2.50. The molecule has 1 saturated heterocycles. The van der Waals surface area contributed by atoms with E-state index in [1.807, 2.05) is 24.4 Å². The maximum atomic E-state index is 13.0. The first-order valence-corrected chi connectivity index (χ1v) is 12.3. The Morgan fingerprint density at radius 2 is 1.83 bits per heavy atom. The number of carbonyl (C=O) groups is 2. The molecular weight excluding hydrogens is 422 g/mol. The number of piperazine rings is 1. The number of hydrogen-bond acceptors (Lipinski definition) is 5. The van der Waals surface area contributed by atoms with Crippen LogP contribution in [0.2, 0.25) is 0 Å². The number of hydrogen-bond donors (Lipinski definition) is 1. The Balaban J connectivity index is 1.46. The predicted octanol–water partition coefficient (Wildman–Crippen LogP) is 2.41. The summed E-state index contributed by atoms with van der Waals surface area (Å²) in [5.41, 5.74) is 2.26. The molecule has 1 aliphatic heterocycles. The topological polar surface area (TPSA) is 86.8 Å². The van der Waals surface area contributed by atoms with E-state index < -0.39 is 10.0 Å². The molecule has 0 bridgehead atoms. The minimum atomic E-state index is -3.57. The normalized spacial score (nSPS) is 15.2. The molecule has 0 spiro atoms. The number of rotatable bonds is 7. The van der Waals surface area contributed by atoms with Gasteiger partial charge in [-0.15, -0.1) is 0 Å². The van der Waals surface area contributed by atoms with Gasteiger partial charge in [0.15, 0.2) is 0 Å². The molecule has 162 valence electrons. The molecule has 0 radical (unpaired) electrons. The van der Waals surface area contributed by atoms with Gasteiger partial charge in [0.1, 0.15) is 0 Å². The summed E-state index contributed by atoms with van der Waals surface area (Å²) < 4.78 is 27.4. The summed E-state index contributed by atoms with van der Waals surface area (Å²) in [7, 11) is -3.57. The number of amides is 2. The van der Waals surface area contributed by atoms with Crippen LogP contribution in [0.15, 0.2) is 39.9 Å². The molecule has 0 atom stereocenters. The second-order valence-corrected chi connectivity index (χ2v) is 10.1. The van der Waals surface area contributed by atoms with Crippen LogP contribution in [-0.2, 0) is 14.8 Å². The maximum absolute atomic E-state index is 13.0. The van der Waals surface area contributed by atoms with Crippen molar-refractivity contribution in [3.63, 3.8) is 0 Å². The first kappa shape index (κ1) is 22.5. The van der Waals surface area contributed by atoms with E-state index in [1.165, 1.54) is 15.6 Å². The first-order valence-electron chi connectivity index (χ1n) is 9.94.